The zero-order valence-electron chi connectivity index (χ0n) is 20.5. The van der Waals surface area contributed by atoms with Gasteiger partial charge in [0.2, 0.25) is 11.8 Å². The summed E-state index contributed by atoms with van der Waals surface area (Å²) < 4.78 is 10.5. The van der Waals surface area contributed by atoms with Gasteiger partial charge in [-0.3, -0.25) is 19.2 Å². The van der Waals surface area contributed by atoms with Crippen molar-refractivity contribution in [2.75, 3.05) is 26.9 Å². The van der Waals surface area contributed by atoms with Crippen LogP contribution in [0.25, 0.3) is 0 Å². The highest BCUT2D eigenvalue weighted by molar-refractivity contribution is 5.98. The molecule has 0 aromatic heterocycles. The summed E-state index contributed by atoms with van der Waals surface area (Å²) >= 11 is 0. The number of methoxy groups -OCH3 is 1. The Balaban J connectivity index is 1.77. The highest BCUT2D eigenvalue weighted by Gasteiger charge is 2.50. The van der Waals surface area contributed by atoms with Gasteiger partial charge in [0.1, 0.15) is 18.0 Å². The Kier molecular flexibility index (Phi) is 9.32. The summed E-state index contributed by atoms with van der Waals surface area (Å²) in [5, 5.41) is 14.0. The van der Waals surface area contributed by atoms with Gasteiger partial charge in [-0.05, 0) is 43.0 Å². The summed E-state index contributed by atoms with van der Waals surface area (Å²) in [6.45, 7) is 0.963. The lowest BCUT2D eigenvalue weighted by atomic mass is 9.90. The SMILES string of the molecule is COc1ccc(CC(CC(=O)CNC(=O)CO)C(=O)NC(Cc2ccccc2)C(=O)C2(C)CO2)cc1. The van der Waals surface area contributed by atoms with Gasteiger partial charge in [0.05, 0.1) is 26.3 Å². The number of hydrogen-bond donors (Lipinski definition) is 3. The third kappa shape index (κ3) is 7.73. The van der Waals surface area contributed by atoms with E-state index in [4.69, 9.17) is 14.6 Å². The van der Waals surface area contributed by atoms with Crippen molar-refractivity contribution in [2.45, 2.75) is 37.8 Å². The van der Waals surface area contributed by atoms with Crippen LogP contribution < -0.4 is 15.4 Å². The van der Waals surface area contributed by atoms with Gasteiger partial charge in [0.15, 0.2) is 11.6 Å². The summed E-state index contributed by atoms with van der Waals surface area (Å²) in [5.41, 5.74) is 0.768. The van der Waals surface area contributed by atoms with Crippen LogP contribution in [0.5, 0.6) is 5.75 Å². The number of benzene rings is 2. The summed E-state index contributed by atoms with van der Waals surface area (Å²) in [4.78, 5) is 50.5. The van der Waals surface area contributed by atoms with Crippen molar-refractivity contribution >= 4 is 23.4 Å². The van der Waals surface area contributed by atoms with Crippen LogP contribution in [0.15, 0.2) is 54.6 Å². The highest BCUT2D eigenvalue weighted by Crippen LogP contribution is 2.29. The lowest BCUT2D eigenvalue weighted by Gasteiger charge is -2.23. The predicted molar refractivity (Wildman–Crippen MR) is 131 cm³/mol. The van der Waals surface area contributed by atoms with E-state index in [2.05, 4.69) is 10.6 Å². The molecular formula is C27H32N2O7. The van der Waals surface area contributed by atoms with Gasteiger partial charge in [0.25, 0.3) is 0 Å². The molecule has 0 saturated carbocycles. The second-order valence-corrected chi connectivity index (χ2v) is 9.06. The van der Waals surface area contributed by atoms with Crippen LogP contribution in [0.3, 0.4) is 0 Å². The molecule has 0 radical (unpaired) electrons. The minimum Gasteiger partial charge on any atom is -0.497 e. The quantitative estimate of drug-likeness (QED) is 0.332. The first-order chi connectivity index (χ1) is 17.2. The largest absolute Gasteiger partial charge is 0.497 e. The molecule has 0 aliphatic carbocycles. The maximum absolute atomic E-state index is 13.4. The normalized spacial score (nSPS) is 18.0. The maximum atomic E-state index is 13.4. The van der Waals surface area contributed by atoms with Crippen molar-refractivity contribution in [3.8, 4) is 5.75 Å². The fourth-order valence-corrected chi connectivity index (χ4v) is 3.87. The van der Waals surface area contributed by atoms with Crippen molar-refractivity contribution in [1.29, 1.82) is 0 Å². The number of aliphatic hydroxyl groups excluding tert-OH is 1. The topological polar surface area (TPSA) is 134 Å². The molecule has 9 nitrogen and oxygen atoms in total. The van der Waals surface area contributed by atoms with Gasteiger partial charge in [-0.25, -0.2) is 0 Å². The second kappa shape index (κ2) is 12.4. The molecule has 2 aromatic rings. The monoisotopic (exact) mass is 496 g/mol. The number of ketones is 2. The molecule has 1 aliphatic rings. The number of epoxide rings is 1. The zero-order valence-corrected chi connectivity index (χ0v) is 20.5. The molecule has 3 N–H and O–H groups in total. The molecule has 2 amide bonds. The van der Waals surface area contributed by atoms with Crippen molar-refractivity contribution in [1.82, 2.24) is 10.6 Å². The van der Waals surface area contributed by atoms with E-state index in [1.165, 1.54) is 0 Å². The van der Waals surface area contributed by atoms with Crippen molar-refractivity contribution in [3.05, 3.63) is 65.7 Å². The van der Waals surface area contributed by atoms with Crippen molar-refractivity contribution < 1.29 is 33.8 Å². The number of rotatable bonds is 14. The standard InChI is InChI=1S/C27H32N2O7/c1-27(17-36-27)25(33)23(13-18-6-4-3-5-7-18)29-26(34)20(14-21(31)15-28-24(32)16-30)12-19-8-10-22(35-2)11-9-19/h3-11,20,23,30H,12-17H2,1-2H3,(H,28,32)(H,29,34). The van der Waals surface area contributed by atoms with Gasteiger partial charge >= 0.3 is 0 Å². The van der Waals surface area contributed by atoms with Gasteiger partial charge in [-0.15, -0.1) is 0 Å². The molecule has 1 saturated heterocycles. The number of nitrogens with one attached hydrogen (secondary N) is 2. The Morgan fingerprint density at radius 2 is 1.67 bits per heavy atom. The number of carbonyl (C=O) groups is 4. The van der Waals surface area contributed by atoms with Crippen molar-refractivity contribution in [3.63, 3.8) is 0 Å². The van der Waals surface area contributed by atoms with E-state index in [-0.39, 0.29) is 31.0 Å². The van der Waals surface area contributed by atoms with Gasteiger partial charge < -0.3 is 25.2 Å². The number of Topliss-reactive ketones (excluding diaryl/α,β-unsaturated/α-hetero) is 2. The number of aliphatic hydroxyl groups is 1. The average Bonchev–Trinajstić information content (AvgIpc) is 3.65. The Morgan fingerprint density at radius 3 is 2.25 bits per heavy atom. The smallest absolute Gasteiger partial charge is 0.246 e. The Morgan fingerprint density at radius 1 is 1.03 bits per heavy atom. The molecule has 3 rings (SSSR count). The molecule has 3 atom stereocenters. The van der Waals surface area contributed by atoms with E-state index in [0.29, 0.717) is 18.8 Å². The lowest BCUT2D eigenvalue weighted by Crippen LogP contribution is -2.49. The molecule has 1 heterocycles. The highest BCUT2D eigenvalue weighted by atomic mass is 16.6. The fourth-order valence-electron chi connectivity index (χ4n) is 3.87. The molecule has 192 valence electrons. The predicted octanol–water partition coefficient (Wildman–Crippen LogP) is 1.01. The first kappa shape index (κ1) is 27.0. The maximum Gasteiger partial charge on any atom is 0.246 e. The van der Waals surface area contributed by atoms with E-state index in [9.17, 15) is 19.2 Å². The molecule has 9 heteroatoms. The molecule has 36 heavy (non-hydrogen) atoms. The lowest BCUT2D eigenvalue weighted by molar-refractivity contribution is -0.134. The van der Waals surface area contributed by atoms with Crippen LogP contribution in [0.2, 0.25) is 0 Å². The van der Waals surface area contributed by atoms with E-state index < -0.39 is 36.0 Å². The van der Waals surface area contributed by atoms with Gasteiger partial charge in [-0.2, -0.15) is 0 Å². The number of ether oxygens (including phenoxy) is 2. The minimum atomic E-state index is -0.928. The second-order valence-electron chi connectivity index (χ2n) is 9.06. The minimum absolute atomic E-state index is 0.149. The average molecular weight is 497 g/mol. The Bertz CT molecular complexity index is 1070. The zero-order chi connectivity index (χ0) is 26.1. The summed E-state index contributed by atoms with van der Waals surface area (Å²) in [6, 6.07) is 15.7. The first-order valence-corrected chi connectivity index (χ1v) is 11.8. The van der Waals surface area contributed by atoms with Crippen LogP contribution in [-0.4, -0.2) is 67.0 Å². The van der Waals surface area contributed by atoms with Crippen molar-refractivity contribution in [2.24, 2.45) is 5.92 Å². The van der Waals surface area contributed by atoms with E-state index in [0.717, 1.165) is 11.1 Å². The summed E-state index contributed by atoms with van der Waals surface area (Å²) in [7, 11) is 1.55. The van der Waals surface area contributed by atoms with Crippen LogP contribution in [0, 0.1) is 5.92 Å². The molecule has 1 aliphatic heterocycles. The molecule has 3 unspecified atom stereocenters. The fraction of sp³-hybridized carbons (Fsp3) is 0.407. The first-order valence-electron chi connectivity index (χ1n) is 11.8. The third-order valence-electron chi connectivity index (χ3n) is 6.13. The van der Waals surface area contributed by atoms with Gasteiger partial charge in [0, 0.05) is 12.3 Å². The van der Waals surface area contributed by atoms with Gasteiger partial charge in [-0.1, -0.05) is 42.5 Å². The van der Waals surface area contributed by atoms with Crippen LogP contribution >= 0.6 is 0 Å². The van der Waals surface area contributed by atoms with Crippen LogP contribution in [0.1, 0.15) is 24.5 Å². The van der Waals surface area contributed by atoms with E-state index in [1.807, 2.05) is 42.5 Å². The molecule has 0 bridgehead atoms. The van der Waals surface area contributed by atoms with Crippen LogP contribution in [-0.2, 0) is 36.8 Å². The Labute approximate surface area is 210 Å². The van der Waals surface area contributed by atoms with Crippen LogP contribution in [0.4, 0.5) is 0 Å². The molecule has 2 aromatic carbocycles. The number of carbonyl (C=O) groups excluding carboxylic acids is 4. The molecule has 0 spiro atoms. The number of amides is 2. The molecule has 1 fully saturated rings. The third-order valence-corrected chi connectivity index (χ3v) is 6.13. The number of hydrogen-bond acceptors (Lipinski definition) is 7. The van der Waals surface area contributed by atoms with E-state index >= 15 is 0 Å². The Hall–Kier alpha value is -3.56. The summed E-state index contributed by atoms with van der Waals surface area (Å²) in [6.07, 6.45) is 0.388. The molecular weight excluding hydrogens is 464 g/mol. The summed E-state index contributed by atoms with van der Waals surface area (Å²) in [5.74, 6) is -1.82. The van der Waals surface area contributed by atoms with E-state index in [1.54, 1.807) is 26.2 Å².